The van der Waals surface area contributed by atoms with Crippen LogP contribution in [0.5, 0.6) is 5.75 Å². The summed E-state index contributed by atoms with van der Waals surface area (Å²) in [7, 11) is 0. The van der Waals surface area contributed by atoms with E-state index in [0.717, 1.165) is 22.6 Å². The van der Waals surface area contributed by atoms with E-state index in [1.165, 1.54) is 29.6 Å². The number of carbonyl (C=O) groups is 1. The topological polar surface area (TPSA) is 97.1 Å². The molecule has 0 bridgehead atoms. The molecule has 1 amide bonds. The molecule has 184 valence electrons. The minimum Gasteiger partial charge on any atom is -0.872 e. The minimum atomic E-state index is -0.297. The highest BCUT2D eigenvalue weighted by atomic mass is 32.2. The van der Waals surface area contributed by atoms with Crippen LogP contribution in [0, 0.1) is 6.92 Å². The SMILES string of the molecule is Cc1ccc(-[n+]2c(SCC(=O)NN=Cc3ccccc3[O-])n[nH]c2-c2ccc(C(C)(C)C)cc2)cc1. The quantitative estimate of drug-likeness (QED) is 0.172. The van der Waals surface area contributed by atoms with Crippen LogP contribution in [0.1, 0.15) is 37.5 Å². The van der Waals surface area contributed by atoms with Gasteiger partial charge in [0.1, 0.15) is 5.69 Å². The van der Waals surface area contributed by atoms with Gasteiger partial charge >= 0.3 is 5.16 Å². The van der Waals surface area contributed by atoms with Gasteiger partial charge < -0.3 is 5.11 Å². The highest BCUT2D eigenvalue weighted by Crippen LogP contribution is 2.26. The third-order valence-electron chi connectivity index (χ3n) is 5.63. The van der Waals surface area contributed by atoms with Crippen LogP contribution in [0.15, 0.2) is 83.1 Å². The summed E-state index contributed by atoms with van der Waals surface area (Å²) in [5, 5.41) is 24.0. The molecule has 0 atom stereocenters. The summed E-state index contributed by atoms with van der Waals surface area (Å²) in [5.41, 5.74) is 7.30. The number of hydrazone groups is 1. The third-order valence-corrected chi connectivity index (χ3v) is 6.57. The zero-order chi connectivity index (χ0) is 25.7. The first kappa shape index (κ1) is 25.2. The van der Waals surface area contributed by atoms with Crippen molar-refractivity contribution in [2.45, 2.75) is 38.3 Å². The second-order valence-corrected chi connectivity index (χ2v) is 10.4. The van der Waals surface area contributed by atoms with E-state index in [4.69, 9.17) is 0 Å². The Balaban J connectivity index is 1.55. The van der Waals surface area contributed by atoms with Crippen LogP contribution in [0.25, 0.3) is 17.1 Å². The first-order chi connectivity index (χ1) is 17.2. The Morgan fingerprint density at radius 2 is 1.78 bits per heavy atom. The Labute approximate surface area is 215 Å². The highest BCUT2D eigenvalue weighted by Gasteiger charge is 2.25. The first-order valence-electron chi connectivity index (χ1n) is 11.6. The summed E-state index contributed by atoms with van der Waals surface area (Å²) in [4.78, 5) is 12.4. The Bertz CT molecular complexity index is 1370. The molecule has 36 heavy (non-hydrogen) atoms. The fourth-order valence-electron chi connectivity index (χ4n) is 3.57. The van der Waals surface area contributed by atoms with E-state index in [1.807, 2.05) is 35.8 Å². The van der Waals surface area contributed by atoms with E-state index < -0.39 is 0 Å². The summed E-state index contributed by atoms with van der Waals surface area (Å²) in [6.45, 7) is 8.61. The monoisotopic (exact) mass is 499 g/mol. The number of rotatable bonds is 7. The van der Waals surface area contributed by atoms with Gasteiger partial charge in [-0.3, -0.25) is 4.79 Å². The molecule has 4 rings (SSSR count). The van der Waals surface area contributed by atoms with Gasteiger partial charge in [-0.2, -0.15) is 9.67 Å². The molecule has 1 aromatic heterocycles. The number of thioether (sulfide) groups is 1. The number of nitrogens with zero attached hydrogens (tertiary/aromatic N) is 3. The van der Waals surface area contributed by atoms with Gasteiger partial charge in [-0.15, -0.1) is 5.10 Å². The maximum atomic E-state index is 12.4. The molecule has 0 aliphatic carbocycles. The summed E-state index contributed by atoms with van der Waals surface area (Å²) in [6.07, 6.45) is 1.35. The van der Waals surface area contributed by atoms with E-state index in [-0.39, 0.29) is 22.8 Å². The molecule has 0 aliphatic heterocycles. The van der Waals surface area contributed by atoms with E-state index in [2.05, 4.69) is 65.8 Å². The van der Waals surface area contributed by atoms with Crippen LogP contribution in [-0.2, 0) is 10.2 Å². The van der Waals surface area contributed by atoms with Crippen molar-refractivity contribution in [3.8, 4) is 22.8 Å². The predicted molar refractivity (Wildman–Crippen MR) is 141 cm³/mol. The van der Waals surface area contributed by atoms with E-state index >= 15 is 0 Å². The standard InChI is InChI=1S/C28H29N5O2S/c1-19-9-15-23(16-10-19)33-26(20-11-13-22(14-12-20)28(2,3)4)31-32-27(33)36-18-25(35)30-29-17-21-7-5-6-8-24(21)34/h5-17H,18H2,1-4H3,(H2,29,30,34,35). The van der Waals surface area contributed by atoms with Crippen molar-refractivity contribution in [3.63, 3.8) is 0 Å². The molecule has 0 aliphatic rings. The number of aromatic amines is 1. The molecule has 1 heterocycles. The largest absolute Gasteiger partial charge is 0.872 e. The predicted octanol–water partition coefficient (Wildman–Crippen LogP) is 4.28. The highest BCUT2D eigenvalue weighted by molar-refractivity contribution is 7.99. The fourth-order valence-corrected chi connectivity index (χ4v) is 4.33. The van der Waals surface area contributed by atoms with Crippen LogP contribution in [-0.4, -0.2) is 28.1 Å². The molecule has 0 fully saturated rings. The number of hydrogen-bond donors (Lipinski definition) is 2. The molecule has 7 nitrogen and oxygen atoms in total. The molecule has 0 saturated carbocycles. The van der Waals surface area contributed by atoms with Crippen molar-refractivity contribution in [1.82, 2.24) is 15.6 Å². The molecule has 3 aromatic carbocycles. The molecule has 0 unspecified atom stereocenters. The van der Waals surface area contributed by atoms with Gasteiger partial charge in [-0.1, -0.05) is 80.6 Å². The van der Waals surface area contributed by atoms with Gasteiger partial charge in [-0.05, 0) is 59.5 Å². The number of aryl methyl sites for hydroxylation is 1. The fraction of sp³-hybridized carbons (Fsp3) is 0.214. The molecule has 0 radical (unpaired) electrons. The number of para-hydroxylation sites is 1. The van der Waals surface area contributed by atoms with E-state index in [0.29, 0.717) is 10.7 Å². The Morgan fingerprint density at radius 1 is 1.08 bits per heavy atom. The molecule has 4 aromatic rings. The summed E-state index contributed by atoms with van der Waals surface area (Å²) in [6, 6.07) is 23.1. The molecular formula is C28H29N5O2S. The first-order valence-corrected chi connectivity index (χ1v) is 12.6. The molecule has 0 spiro atoms. The number of nitrogens with one attached hydrogen (secondary N) is 2. The number of carbonyl (C=O) groups excluding carboxylic acids is 1. The van der Waals surface area contributed by atoms with Gasteiger partial charge in [0.15, 0.2) is 0 Å². The van der Waals surface area contributed by atoms with Gasteiger partial charge in [0.05, 0.1) is 22.6 Å². The van der Waals surface area contributed by atoms with Gasteiger partial charge in [0.2, 0.25) is 0 Å². The van der Waals surface area contributed by atoms with Crippen LogP contribution in [0.2, 0.25) is 0 Å². The Hall–Kier alpha value is -3.91. The van der Waals surface area contributed by atoms with E-state index in [9.17, 15) is 9.90 Å². The zero-order valence-corrected chi connectivity index (χ0v) is 21.6. The molecule has 8 heteroatoms. The normalized spacial score (nSPS) is 11.7. The maximum Gasteiger partial charge on any atom is 0.342 e. The van der Waals surface area contributed by atoms with Crippen LogP contribution >= 0.6 is 11.8 Å². The average Bonchev–Trinajstić information content (AvgIpc) is 3.28. The van der Waals surface area contributed by atoms with Gasteiger partial charge in [0, 0.05) is 0 Å². The summed E-state index contributed by atoms with van der Waals surface area (Å²) in [5.74, 6) is 0.486. The van der Waals surface area contributed by atoms with Crippen LogP contribution < -0.4 is 15.1 Å². The lowest BCUT2D eigenvalue weighted by molar-refractivity contribution is -0.625. The summed E-state index contributed by atoms with van der Waals surface area (Å²) >= 11 is 1.30. The Kier molecular flexibility index (Phi) is 7.55. The van der Waals surface area contributed by atoms with Crippen molar-refractivity contribution >= 4 is 23.9 Å². The van der Waals surface area contributed by atoms with Crippen LogP contribution in [0.4, 0.5) is 0 Å². The van der Waals surface area contributed by atoms with Crippen molar-refractivity contribution in [2.75, 3.05) is 5.75 Å². The number of hydrogen-bond acceptors (Lipinski definition) is 5. The Morgan fingerprint density at radius 3 is 2.44 bits per heavy atom. The molecule has 0 saturated heterocycles. The van der Waals surface area contributed by atoms with Crippen molar-refractivity contribution in [1.29, 1.82) is 0 Å². The molecule has 2 N–H and O–H groups in total. The lowest BCUT2D eigenvalue weighted by Gasteiger charge is -2.18. The number of H-pyrrole nitrogens is 1. The lowest BCUT2D eigenvalue weighted by atomic mass is 9.87. The van der Waals surface area contributed by atoms with Crippen molar-refractivity contribution in [3.05, 3.63) is 89.5 Å². The van der Waals surface area contributed by atoms with Crippen molar-refractivity contribution < 1.29 is 14.5 Å². The number of aromatic nitrogens is 3. The number of benzene rings is 3. The van der Waals surface area contributed by atoms with Crippen LogP contribution in [0.3, 0.4) is 0 Å². The number of amides is 1. The van der Waals surface area contributed by atoms with Crippen molar-refractivity contribution in [2.24, 2.45) is 5.10 Å². The molecular weight excluding hydrogens is 470 g/mol. The minimum absolute atomic E-state index is 0.0616. The van der Waals surface area contributed by atoms with Gasteiger partial charge in [0.25, 0.3) is 11.7 Å². The smallest absolute Gasteiger partial charge is 0.342 e. The second-order valence-electron chi connectivity index (χ2n) is 9.47. The summed E-state index contributed by atoms with van der Waals surface area (Å²) < 4.78 is 2.01. The average molecular weight is 500 g/mol. The van der Waals surface area contributed by atoms with E-state index in [1.54, 1.807) is 18.2 Å². The van der Waals surface area contributed by atoms with Gasteiger partial charge in [-0.25, -0.2) is 5.43 Å². The zero-order valence-electron chi connectivity index (χ0n) is 20.8. The maximum absolute atomic E-state index is 12.4. The third kappa shape index (κ3) is 6.01. The lowest BCUT2D eigenvalue weighted by Crippen LogP contribution is -2.34. The second kappa shape index (κ2) is 10.8.